The fourth-order valence-electron chi connectivity index (χ4n) is 1.55. The number of benzene rings is 2. The Kier molecular flexibility index (Phi) is 3.57. The van der Waals surface area contributed by atoms with E-state index in [2.05, 4.69) is 5.32 Å². The molecule has 18 heavy (non-hydrogen) atoms. The second kappa shape index (κ2) is 5.31. The van der Waals surface area contributed by atoms with Crippen molar-refractivity contribution in [3.63, 3.8) is 0 Å². The summed E-state index contributed by atoms with van der Waals surface area (Å²) in [7, 11) is 0. The number of carbonyl (C=O) groups excluding carboxylic acids is 1. The third-order valence-electron chi connectivity index (χ3n) is 2.52. The van der Waals surface area contributed by atoms with Gasteiger partial charge in [0.2, 0.25) is 0 Å². The second-order valence-corrected chi connectivity index (χ2v) is 3.83. The lowest BCUT2D eigenvalue weighted by molar-refractivity contribution is 0.0948. The van der Waals surface area contributed by atoms with Gasteiger partial charge in [0.1, 0.15) is 11.6 Å². The van der Waals surface area contributed by atoms with Crippen LogP contribution in [0.4, 0.5) is 4.39 Å². The minimum Gasteiger partial charge on any atom is -0.507 e. The first-order chi connectivity index (χ1) is 8.66. The maximum absolute atomic E-state index is 12.7. The number of hydrogen-bond acceptors (Lipinski definition) is 2. The Morgan fingerprint density at radius 1 is 1.11 bits per heavy atom. The molecule has 1 amide bonds. The minimum absolute atomic E-state index is 0.0610. The Labute approximate surface area is 104 Å². The zero-order valence-corrected chi connectivity index (χ0v) is 9.56. The number of aromatic hydroxyl groups is 1. The quantitative estimate of drug-likeness (QED) is 0.872. The van der Waals surface area contributed by atoms with Gasteiger partial charge in [-0.15, -0.1) is 0 Å². The fraction of sp³-hybridized carbons (Fsp3) is 0.0714. The Morgan fingerprint density at radius 3 is 2.44 bits per heavy atom. The summed E-state index contributed by atoms with van der Waals surface area (Å²) in [6, 6.07) is 12.2. The Balaban J connectivity index is 2.01. The van der Waals surface area contributed by atoms with Crippen molar-refractivity contribution in [2.75, 3.05) is 0 Å². The van der Waals surface area contributed by atoms with Crippen molar-refractivity contribution < 1.29 is 14.3 Å². The highest BCUT2D eigenvalue weighted by atomic mass is 19.1. The van der Waals surface area contributed by atoms with E-state index in [1.54, 1.807) is 24.3 Å². The van der Waals surface area contributed by atoms with E-state index < -0.39 is 0 Å². The number of amides is 1. The maximum Gasteiger partial charge on any atom is 0.255 e. The number of phenolic OH excluding ortho intramolecular Hbond substituents is 1. The molecule has 0 aliphatic carbocycles. The standard InChI is InChI=1S/C14H12FNO2/c15-11-7-5-10(6-8-11)9-16-14(18)12-3-1-2-4-13(12)17/h1-8,17H,9H2,(H,16,18). The van der Waals surface area contributed by atoms with Crippen LogP contribution in [0.1, 0.15) is 15.9 Å². The van der Waals surface area contributed by atoms with Gasteiger partial charge in [0.25, 0.3) is 5.91 Å². The molecule has 2 N–H and O–H groups in total. The van der Waals surface area contributed by atoms with Crippen LogP contribution in [0.2, 0.25) is 0 Å². The van der Waals surface area contributed by atoms with Crippen LogP contribution < -0.4 is 5.32 Å². The maximum atomic E-state index is 12.7. The number of carbonyl (C=O) groups is 1. The monoisotopic (exact) mass is 245 g/mol. The van der Waals surface area contributed by atoms with Crippen LogP contribution in [0.15, 0.2) is 48.5 Å². The number of hydrogen-bond donors (Lipinski definition) is 2. The van der Waals surface area contributed by atoms with Gasteiger partial charge in [-0.3, -0.25) is 4.79 Å². The smallest absolute Gasteiger partial charge is 0.255 e. The topological polar surface area (TPSA) is 49.3 Å². The zero-order valence-electron chi connectivity index (χ0n) is 9.56. The molecule has 0 heterocycles. The molecule has 0 fully saturated rings. The molecule has 4 heteroatoms. The summed E-state index contributed by atoms with van der Waals surface area (Å²) >= 11 is 0. The van der Waals surface area contributed by atoms with Crippen molar-refractivity contribution in [2.45, 2.75) is 6.54 Å². The summed E-state index contributed by atoms with van der Waals surface area (Å²) < 4.78 is 12.7. The number of nitrogens with one attached hydrogen (secondary N) is 1. The van der Waals surface area contributed by atoms with Gasteiger partial charge in [-0.1, -0.05) is 24.3 Å². The SMILES string of the molecule is O=C(NCc1ccc(F)cc1)c1ccccc1O. The van der Waals surface area contributed by atoms with E-state index in [4.69, 9.17) is 0 Å². The summed E-state index contributed by atoms with van der Waals surface area (Å²) in [5.74, 6) is -0.739. The molecule has 3 nitrogen and oxygen atoms in total. The second-order valence-electron chi connectivity index (χ2n) is 3.83. The van der Waals surface area contributed by atoms with Crippen LogP contribution in [-0.2, 0) is 6.54 Å². The Morgan fingerprint density at radius 2 is 1.78 bits per heavy atom. The van der Waals surface area contributed by atoms with Gasteiger partial charge in [-0.25, -0.2) is 4.39 Å². The third-order valence-corrected chi connectivity index (χ3v) is 2.52. The van der Waals surface area contributed by atoms with Crippen molar-refractivity contribution in [1.29, 1.82) is 0 Å². The van der Waals surface area contributed by atoms with Crippen molar-refractivity contribution in [3.05, 3.63) is 65.5 Å². The van der Waals surface area contributed by atoms with E-state index in [-0.39, 0.29) is 29.6 Å². The molecule has 92 valence electrons. The molecule has 0 spiro atoms. The van der Waals surface area contributed by atoms with E-state index in [0.717, 1.165) is 5.56 Å². The third kappa shape index (κ3) is 2.85. The molecule has 0 aromatic heterocycles. The largest absolute Gasteiger partial charge is 0.507 e. The van der Waals surface area contributed by atoms with Gasteiger partial charge in [0.15, 0.2) is 0 Å². The molecule has 0 bridgehead atoms. The van der Waals surface area contributed by atoms with Crippen molar-refractivity contribution >= 4 is 5.91 Å². The highest BCUT2D eigenvalue weighted by Crippen LogP contribution is 2.15. The first-order valence-electron chi connectivity index (χ1n) is 5.47. The Bertz CT molecular complexity index is 552. The predicted molar refractivity (Wildman–Crippen MR) is 65.7 cm³/mol. The number of para-hydroxylation sites is 1. The van der Waals surface area contributed by atoms with Crippen LogP contribution in [-0.4, -0.2) is 11.0 Å². The van der Waals surface area contributed by atoms with Crippen molar-refractivity contribution in [3.8, 4) is 5.75 Å². The number of phenols is 1. The molecule has 0 atom stereocenters. The lowest BCUT2D eigenvalue weighted by Gasteiger charge is -2.06. The van der Waals surface area contributed by atoms with Gasteiger partial charge < -0.3 is 10.4 Å². The molecule has 2 rings (SSSR count). The van der Waals surface area contributed by atoms with Crippen molar-refractivity contribution in [1.82, 2.24) is 5.32 Å². The molecule has 0 saturated heterocycles. The fourth-order valence-corrected chi connectivity index (χ4v) is 1.55. The van der Waals surface area contributed by atoms with E-state index in [0.29, 0.717) is 0 Å². The summed E-state index contributed by atoms with van der Waals surface area (Å²) in [5.41, 5.74) is 1.01. The van der Waals surface area contributed by atoms with Crippen molar-refractivity contribution in [2.24, 2.45) is 0 Å². The van der Waals surface area contributed by atoms with E-state index in [1.807, 2.05) is 0 Å². The van der Waals surface area contributed by atoms with Gasteiger partial charge in [-0.2, -0.15) is 0 Å². The number of rotatable bonds is 3. The molecule has 0 aliphatic heterocycles. The molecule has 0 unspecified atom stereocenters. The molecular weight excluding hydrogens is 233 g/mol. The van der Waals surface area contributed by atoms with Crippen LogP contribution in [0.25, 0.3) is 0 Å². The summed E-state index contributed by atoms with van der Waals surface area (Å²) in [6.07, 6.45) is 0. The van der Waals surface area contributed by atoms with Crippen LogP contribution in [0.5, 0.6) is 5.75 Å². The van der Waals surface area contributed by atoms with E-state index >= 15 is 0 Å². The average Bonchev–Trinajstić information content (AvgIpc) is 2.38. The lowest BCUT2D eigenvalue weighted by atomic mass is 10.1. The normalized spacial score (nSPS) is 10.1. The van der Waals surface area contributed by atoms with Crippen LogP contribution in [0, 0.1) is 5.82 Å². The van der Waals surface area contributed by atoms with Crippen LogP contribution >= 0.6 is 0 Å². The summed E-state index contributed by atoms with van der Waals surface area (Å²) in [6.45, 7) is 0.285. The minimum atomic E-state index is -0.363. The molecule has 0 aliphatic rings. The molecule has 2 aromatic carbocycles. The first-order valence-corrected chi connectivity index (χ1v) is 5.47. The van der Waals surface area contributed by atoms with Crippen LogP contribution in [0.3, 0.4) is 0 Å². The predicted octanol–water partition coefficient (Wildman–Crippen LogP) is 2.46. The van der Waals surface area contributed by atoms with Gasteiger partial charge in [-0.05, 0) is 29.8 Å². The Hall–Kier alpha value is -2.36. The molecule has 0 radical (unpaired) electrons. The molecule has 2 aromatic rings. The summed E-state index contributed by atoms with van der Waals surface area (Å²) in [4.78, 5) is 11.8. The first kappa shape index (κ1) is 12.1. The van der Waals surface area contributed by atoms with Gasteiger partial charge in [0, 0.05) is 6.54 Å². The molecule has 0 saturated carbocycles. The summed E-state index contributed by atoms with van der Waals surface area (Å²) in [5, 5.41) is 12.2. The lowest BCUT2D eigenvalue weighted by Crippen LogP contribution is -2.22. The average molecular weight is 245 g/mol. The van der Waals surface area contributed by atoms with Gasteiger partial charge in [0.05, 0.1) is 5.56 Å². The number of halogens is 1. The zero-order chi connectivity index (χ0) is 13.0. The highest BCUT2D eigenvalue weighted by molar-refractivity contribution is 5.96. The highest BCUT2D eigenvalue weighted by Gasteiger charge is 2.09. The van der Waals surface area contributed by atoms with E-state index in [9.17, 15) is 14.3 Å². The van der Waals surface area contributed by atoms with E-state index in [1.165, 1.54) is 24.3 Å². The molecular formula is C14H12FNO2. The van der Waals surface area contributed by atoms with Gasteiger partial charge >= 0.3 is 0 Å².